The summed E-state index contributed by atoms with van der Waals surface area (Å²) in [5.74, 6) is 0.324. The summed E-state index contributed by atoms with van der Waals surface area (Å²) in [6, 6.07) is -0.226. The molecule has 0 spiro atoms. The average molecular weight is 240 g/mol. The highest BCUT2D eigenvalue weighted by atomic mass is 19.1. The summed E-state index contributed by atoms with van der Waals surface area (Å²) >= 11 is 0. The number of nitrogens with zero attached hydrogens (tertiary/aromatic N) is 4. The highest BCUT2D eigenvalue weighted by Crippen LogP contribution is 2.28. The molecule has 0 aliphatic heterocycles. The molecule has 0 bridgehead atoms. The predicted octanol–water partition coefficient (Wildman–Crippen LogP) is 1.71. The monoisotopic (exact) mass is 240 g/mol. The molecular weight excluding hydrogens is 227 g/mol. The van der Waals surface area contributed by atoms with Gasteiger partial charge in [0.15, 0.2) is 0 Å². The van der Waals surface area contributed by atoms with E-state index >= 15 is 0 Å². The molecule has 1 fully saturated rings. The Hall–Kier alpha value is -1.79. The van der Waals surface area contributed by atoms with Gasteiger partial charge in [-0.25, -0.2) is 14.4 Å². The van der Waals surface area contributed by atoms with E-state index in [1.165, 1.54) is 0 Å². The lowest BCUT2D eigenvalue weighted by Crippen LogP contribution is -2.36. The first-order valence-electron chi connectivity index (χ1n) is 5.43. The zero-order valence-corrected chi connectivity index (χ0v) is 9.41. The molecule has 1 aliphatic carbocycles. The maximum absolute atomic E-state index is 13.5. The van der Waals surface area contributed by atoms with Crippen LogP contribution in [0.5, 0.6) is 0 Å². The molecule has 17 heavy (non-hydrogen) atoms. The van der Waals surface area contributed by atoms with E-state index in [4.69, 9.17) is 0 Å². The van der Waals surface area contributed by atoms with E-state index in [9.17, 15) is 14.5 Å². The van der Waals surface area contributed by atoms with Gasteiger partial charge in [-0.05, 0) is 19.3 Å². The van der Waals surface area contributed by atoms with Crippen molar-refractivity contribution in [3.05, 3.63) is 22.5 Å². The van der Waals surface area contributed by atoms with Crippen LogP contribution in [0.4, 0.5) is 16.0 Å². The topological polar surface area (TPSA) is 72.2 Å². The van der Waals surface area contributed by atoms with E-state index in [-0.39, 0.29) is 11.7 Å². The minimum atomic E-state index is -0.876. The second-order valence-corrected chi connectivity index (χ2v) is 4.12. The first kappa shape index (κ1) is 11.7. The van der Waals surface area contributed by atoms with Gasteiger partial charge in [0.1, 0.15) is 18.6 Å². The lowest BCUT2D eigenvalue weighted by atomic mass is 10.2. The first-order valence-corrected chi connectivity index (χ1v) is 5.43. The van der Waals surface area contributed by atoms with Crippen LogP contribution in [0, 0.1) is 10.1 Å². The molecule has 0 saturated heterocycles. The van der Waals surface area contributed by atoms with E-state index in [0.29, 0.717) is 12.4 Å². The third-order valence-electron chi connectivity index (χ3n) is 3.05. The maximum atomic E-state index is 13.5. The third-order valence-corrected chi connectivity index (χ3v) is 3.05. The van der Waals surface area contributed by atoms with Gasteiger partial charge in [0.25, 0.3) is 0 Å². The molecule has 1 aromatic heterocycles. The Morgan fingerprint density at radius 1 is 1.47 bits per heavy atom. The number of rotatable bonds is 3. The molecular formula is C10H13FN4O2. The molecule has 2 rings (SSSR count). The van der Waals surface area contributed by atoms with Crippen molar-refractivity contribution in [2.24, 2.45) is 0 Å². The largest absolute Gasteiger partial charge is 0.338 e. The van der Waals surface area contributed by atoms with E-state index in [1.54, 1.807) is 11.9 Å². The number of hydrogen-bond acceptors (Lipinski definition) is 5. The van der Waals surface area contributed by atoms with Crippen LogP contribution in [0.1, 0.15) is 19.3 Å². The number of alkyl halides is 1. The van der Waals surface area contributed by atoms with Crippen molar-refractivity contribution in [3.63, 3.8) is 0 Å². The van der Waals surface area contributed by atoms with Crippen LogP contribution in [0.3, 0.4) is 0 Å². The molecule has 7 heteroatoms. The van der Waals surface area contributed by atoms with E-state index < -0.39 is 11.1 Å². The Labute approximate surface area is 97.6 Å². The summed E-state index contributed by atoms with van der Waals surface area (Å²) in [7, 11) is 1.71. The van der Waals surface area contributed by atoms with Crippen molar-refractivity contribution in [2.75, 3.05) is 11.9 Å². The number of nitro groups is 1. The van der Waals surface area contributed by atoms with Gasteiger partial charge < -0.3 is 4.90 Å². The molecule has 0 unspecified atom stereocenters. The Morgan fingerprint density at radius 3 is 2.59 bits per heavy atom. The van der Waals surface area contributed by atoms with Crippen molar-refractivity contribution >= 4 is 11.6 Å². The highest BCUT2D eigenvalue weighted by Gasteiger charge is 2.31. The summed E-state index contributed by atoms with van der Waals surface area (Å²) < 4.78 is 13.5. The standard InChI is InChI=1S/C10H13FN4O2/c1-14(9-4-2-3-8(9)11)10-12-5-7(6-13-10)15(16)17/h5-6,8-9H,2-4H2,1H3/t8-,9-/m1/s1. The number of hydrogen-bond donors (Lipinski definition) is 0. The van der Waals surface area contributed by atoms with Gasteiger partial charge in [0, 0.05) is 7.05 Å². The second kappa shape index (κ2) is 4.60. The lowest BCUT2D eigenvalue weighted by Gasteiger charge is -2.25. The minimum Gasteiger partial charge on any atom is -0.338 e. The van der Waals surface area contributed by atoms with Crippen molar-refractivity contribution in [1.82, 2.24) is 9.97 Å². The van der Waals surface area contributed by atoms with Crippen LogP contribution in [-0.2, 0) is 0 Å². The Morgan fingerprint density at radius 2 is 2.12 bits per heavy atom. The average Bonchev–Trinajstić information content (AvgIpc) is 2.74. The summed E-state index contributed by atoms with van der Waals surface area (Å²) in [5.41, 5.74) is -0.162. The van der Waals surface area contributed by atoms with Gasteiger partial charge in [-0.3, -0.25) is 10.1 Å². The normalized spacial score (nSPS) is 23.6. The fourth-order valence-electron chi connectivity index (χ4n) is 2.07. The van der Waals surface area contributed by atoms with Crippen LogP contribution in [-0.4, -0.2) is 34.2 Å². The Bertz CT molecular complexity index is 411. The van der Waals surface area contributed by atoms with Crippen molar-refractivity contribution < 1.29 is 9.31 Å². The quantitative estimate of drug-likeness (QED) is 0.594. The van der Waals surface area contributed by atoms with Crippen LogP contribution in [0.15, 0.2) is 12.4 Å². The molecule has 0 radical (unpaired) electrons. The van der Waals surface area contributed by atoms with E-state index in [1.807, 2.05) is 0 Å². The molecule has 0 aromatic carbocycles. The molecule has 0 amide bonds. The van der Waals surface area contributed by atoms with Crippen molar-refractivity contribution in [2.45, 2.75) is 31.5 Å². The van der Waals surface area contributed by atoms with E-state index in [2.05, 4.69) is 9.97 Å². The van der Waals surface area contributed by atoms with Crippen molar-refractivity contribution in [3.8, 4) is 0 Å². The van der Waals surface area contributed by atoms with Gasteiger partial charge >= 0.3 is 5.69 Å². The fourth-order valence-corrected chi connectivity index (χ4v) is 2.07. The molecule has 1 aromatic rings. The van der Waals surface area contributed by atoms with Crippen LogP contribution in [0.25, 0.3) is 0 Å². The fraction of sp³-hybridized carbons (Fsp3) is 0.600. The van der Waals surface area contributed by atoms with Crippen LogP contribution < -0.4 is 4.90 Å². The summed E-state index contributed by atoms with van der Waals surface area (Å²) in [5, 5.41) is 10.4. The maximum Gasteiger partial charge on any atom is 0.305 e. The smallest absolute Gasteiger partial charge is 0.305 e. The Balaban J connectivity index is 2.14. The van der Waals surface area contributed by atoms with Gasteiger partial charge in [0.2, 0.25) is 5.95 Å². The molecule has 1 aliphatic rings. The summed E-state index contributed by atoms with van der Waals surface area (Å²) in [6.07, 6.45) is 3.57. The molecule has 6 nitrogen and oxygen atoms in total. The first-order chi connectivity index (χ1) is 8.09. The zero-order chi connectivity index (χ0) is 12.4. The van der Waals surface area contributed by atoms with Gasteiger partial charge in [0.05, 0.1) is 11.0 Å². The molecule has 2 atom stereocenters. The molecule has 1 saturated carbocycles. The van der Waals surface area contributed by atoms with E-state index in [0.717, 1.165) is 25.2 Å². The van der Waals surface area contributed by atoms with Gasteiger partial charge in [-0.1, -0.05) is 0 Å². The molecule has 92 valence electrons. The highest BCUT2D eigenvalue weighted by molar-refractivity contribution is 5.34. The predicted molar refractivity (Wildman–Crippen MR) is 59.6 cm³/mol. The zero-order valence-electron chi connectivity index (χ0n) is 9.41. The molecule has 1 heterocycles. The van der Waals surface area contributed by atoms with Crippen molar-refractivity contribution in [1.29, 1.82) is 0 Å². The molecule has 0 N–H and O–H groups in total. The van der Waals surface area contributed by atoms with Gasteiger partial charge in [-0.2, -0.15) is 0 Å². The second-order valence-electron chi connectivity index (χ2n) is 4.12. The summed E-state index contributed by atoms with van der Waals surface area (Å²) in [6.45, 7) is 0. The third kappa shape index (κ3) is 2.32. The minimum absolute atomic E-state index is 0.162. The SMILES string of the molecule is CN(c1ncc([N+](=O)[O-])cn1)[C@@H]1CCC[C@H]1F. The van der Waals surface area contributed by atoms with Gasteiger partial charge in [-0.15, -0.1) is 0 Å². The number of anilines is 1. The number of halogens is 1. The summed E-state index contributed by atoms with van der Waals surface area (Å²) in [4.78, 5) is 19.3. The number of aromatic nitrogens is 2. The Kier molecular flexibility index (Phi) is 3.16. The van der Waals surface area contributed by atoms with Crippen LogP contribution in [0.2, 0.25) is 0 Å². The van der Waals surface area contributed by atoms with Crippen LogP contribution >= 0.6 is 0 Å². The lowest BCUT2D eigenvalue weighted by molar-refractivity contribution is -0.385.